The quantitative estimate of drug-likeness (QED) is 0.0659. The number of aromatic nitrogens is 25. The van der Waals surface area contributed by atoms with E-state index in [1.54, 1.807) is 12.1 Å². The molecule has 9 aliphatic rings. The van der Waals surface area contributed by atoms with Gasteiger partial charge in [-0.15, -0.1) is 55.7 Å². The van der Waals surface area contributed by atoms with Crippen molar-refractivity contribution in [1.29, 1.82) is 0 Å². The van der Waals surface area contributed by atoms with Gasteiger partial charge in [-0.2, -0.15) is 38.9 Å². The summed E-state index contributed by atoms with van der Waals surface area (Å²) in [6.07, 6.45) is -13.7. The zero-order valence-corrected chi connectivity index (χ0v) is 76.7. The van der Waals surface area contributed by atoms with Crippen LogP contribution in [0.3, 0.4) is 0 Å². The van der Waals surface area contributed by atoms with Crippen molar-refractivity contribution in [2.24, 2.45) is 0 Å². The number of halogens is 1. The third kappa shape index (κ3) is 18.7. The average Bonchev–Trinajstić information content (AvgIpc) is 1.60. The van der Waals surface area contributed by atoms with Crippen LogP contribution in [0.15, 0.2) is 63.6 Å². The van der Waals surface area contributed by atoms with Gasteiger partial charge in [0.2, 0.25) is 17.8 Å². The summed E-state index contributed by atoms with van der Waals surface area (Å²) < 4.78 is 160. The zero-order chi connectivity index (χ0) is 93.8. The van der Waals surface area contributed by atoms with Gasteiger partial charge in [-0.1, -0.05) is 33.1 Å². The van der Waals surface area contributed by atoms with Crippen LogP contribution >= 0.6 is 91.2 Å². The lowest BCUT2D eigenvalue weighted by Crippen LogP contribution is -2.35. The molecule has 714 valence electrons. The number of hydrogen-bond acceptors (Lipinski definition) is 52. The first-order valence-corrected chi connectivity index (χ1v) is 53.8. The molecule has 133 heavy (non-hydrogen) atoms. The molecule has 6 bridgehead atoms. The first-order chi connectivity index (χ1) is 63.1. The number of aliphatic hydroxyl groups is 3. The van der Waals surface area contributed by atoms with Gasteiger partial charge in [0.1, 0.15) is 82.7 Å². The van der Waals surface area contributed by atoms with Crippen LogP contribution in [0.4, 0.5) is 39.6 Å². The Kier molecular flexibility index (Phi) is 25.5. The Hall–Kier alpha value is -7.94. The fraction of sp³-hybridized carbons (Fsp3) is 0.508. The summed E-state index contributed by atoms with van der Waals surface area (Å²) >= 11 is 17.5. The Morgan fingerprint density at radius 2 is 0.820 bits per heavy atom. The molecule has 21 heterocycles. The van der Waals surface area contributed by atoms with Gasteiger partial charge in [-0.25, -0.2) is 51.6 Å². The van der Waals surface area contributed by atoms with E-state index in [2.05, 4.69) is 109 Å². The van der Waals surface area contributed by atoms with Crippen molar-refractivity contribution in [1.82, 2.24) is 124 Å². The van der Waals surface area contributed by atoms with Crippen molar-refractivity contribution in [3.63, 3.8) is 0 Å². The Labute approximate surface area is 764 Å². The van der Waals surface area contributed by atoms with E-state index < -0.39 is 230 Å². The van der Waals surface area contributed by atoms with Crippen LogP contribution in [0.1, 0.15) is 58.5 Å². The number of phosphoric ester groups is 3. The normalized spacial score (nSPS) is 36.9. The number of alkyl halides is 1. The van der Waals surface area contributed by atoms with Crippen molar-refractivity contribution in [2.45, 2.75) is 143 Å². The lowest BCUT2D eigenvalue weighted by atomic mass is 10.1. The fourth-order valence-corrected chi connectivity index (χ4v) is 27.7. The molecule has 9 aliphatic heterocycles. The van der Waals surface area contributed by atoms with E-state index in [0.29, 0.717) is 34.1 Å². The van der Waals surface area contributed by atoms with E-state index >= 15 is 4.39 Å². The number of nitrogens with zero attached hydrogens (tertiary/aromatic N) is 22. The minimum atomic E-state index is -5.05. The van der Waals surface area contributed by atoms with Gasteiger partial charge in [0.25, 0.3) is 16.7 Å². The number of ether oxygens (including phenoxy) is 3. The van der Waals surface area contributed by atoms with Crippen LogP contribution in [-0.4, -0.2) is 299 Å². The second-order valence-corrected chi connectivity index (χ2v) is 46.9. The number of nitrogens with one attached hydrogen (secondary N) is 3. The van der Waals surface area contributed by atoms with E-state index in [1.807, 2.05) is 0 Å². The second kappa shape index (κ2) is 36.1. The molecule has 21 rings (SSSR count). The molecule has 0 aliphatic carbocycles. The van der Waals surface area contributed by atoms with Crippen LogP contribution in [0.5, 0.6) is 0 Å². The molecule has 61 nitrogen and oxygen atoms in total. The lowest BCUT2D eigenvalue weighted by Gasteiger charge is -2.27. The van der Waals surface area contributed by atoms with Crippen molar-refractivity contribution >= 4 is 206 Å². The molecule has 9 fully saturated rings. The van der Waals surface area contributed by atoms with Gasteiger partial charge in [0.05, 0.1) is 104 Å². The van der Waals surface area contributed by atoms with Gasteiger partial charge in [-0.3, -0.25) is 74.6 Å². The van der Waals surface area contributed by atoms with E-state index in [-0.39, 0.29) is 81.0 Å². The number of pyridine rings is 1. The number of thioether (sulfide) groups is 3. The highest BCUT2D eigenvalue weighted by molar-refractivity contribution is 8.44. The topological polar surface area (TPSA) is 858 Å². The lowest BCUT2D eigenvalue weighted by molar-refractivity contribution is -0.0511. The molecule has 12 aromatic rings. The Morgan fingerprint density at radius 1 is 0.444 bits per heavy atom. The third-order valence-corrected chi connectivity index (χ3v) is 33.9. The van der Waals surface area contributed by atoms with Crippen molar-refractivity contribution in [3.05, 3.63) is 91.4 Å². The predicted molar refractivity (Wildman–Crippen MR) is 462 cm³/mol. The Morgan fingerprint density at radius 3 is 1.26 bits per heavy atom. The van der Waals surface area contributed by atoms with Gasteiger partial charge in [0.15, 0.2) is 68.3 Å². The Bertz CT molecular complexity index is 6790. The summed E-state index contributed by atoms with van der Waals surface area (Å²) in [7, 11) is -14.6. The number of rotatable bonds is 6. The maximum Gasteiger partial charge on any atom is 0.472 e. The number of aliphatic hydroxyl groups excluding tert-OH is 3. The van der Waals surface area contributed by atoms with Gasteiger partial charge in [-0.05, 0) is 41.8 Å². The van der Waals surface area contributed by atoms with Gasteiger partial charge >= 0.3 is 43.7 Å². The first-order valence-electron chi connectivity index (χ1n) is 38.6. The number of thiol groups is 1. The van der Waals surface area contributed by atoms with Crippen LogP contribution in [0.2, 0.25) is 0 Å². The standard InChI is InChI=1S/2C20H24N10O10P2S2.C19H22FN11O10P2S2/c2*21-12-1-2-23-16-7(4-24-29(12)16)8-3-9-10(38-8)5-37-42(35,43)40-15-14(31)11(6-36-41(33,34)39-9)44-19(15)30-17-13(27-28-30)18(32)26-20(22)25-17;20-8-12-6(39-17(8)30-14-9(26-28-30)5(21)1-2-23-14)3-38-43(36,44)41-13-11(32)7(4-37-42(34,35)40-12)45-18(13)31-15-10(27-29-31)16(33)25-19(22)24-15/h2*1-2,4,8-11,14-15,19,31H,3,5-6,21H2,(H,33,34)(H,35,43)(H3,22,25,26,32);1-2,6-8,11-13,17-18,32H,3-4H2,(H2,21,23)(H,34,35)(H,36,44)(H3,22,24,25,33)/t2*8-,9+,10-,11-,14-,15-,19-,42?;6-,7-,8+,11-,12-,13-,17-,18-,43?/m111/s1. The summed E-state index contributed by atoms with van der Waals surface area (Å²) in [5.41, 5.74) is 34.6. The molecule has 0 aromatic carbocycles. The smallest absolute Gasteiger partial charge is 0.397 e. The van der Waals surface area contributed by atoms with Crippen LogP contribution < -0.4 is 51.1 Å². The number of H-pyrrole nitrogens is 3. The van der Waals surface area contributed by atoms with E-state index in [1.165, 1.54) is 50.8 Å². The molecule has 0 radical (unpaired) electrons. The molecule has 12 aromatic heterocycles. The molecule has 9 saturated heterocycles. The van der Waals surface area contributed by atoms with Crippen molar-refractivity contribution < 1.29 is 131 Å². The molecule has 28 atom stereocenters. The Balaban J connectivity index is 0.000000129. The first kappa shape index (κ1) is 94.0. The molecule has 6 unspecified atom stereocenters. The summed E-state index contributed by atoms with van der Waals surface area (Å²) in [4.78, 5) is 123. The summed E-state index contributed by atoms with van der Waals surface area (Å²) in [6.45, 7) is -15.9. The van der Waals surface area contributed by atoms with Gasteiger partial charge in [0, 0.05) is 42.6 Å². The highest BCUT2D eigenvalue weighted by Gasteiger charge is 2.58. The second-order valence-electron chi connectivity index (χ2n) is 30.1. The highest BCUT2D eigenvalue weighted by atomic mass is 32.7. The average molecular weight is 2090 g/mol. The molecule has 0 spiro atoms. The summed E-state index contributed by atoms with van der Waals surface area (Å²) in [5, 5.41) is 67.0. The molecule has 23 N–H and O–H groups in total. The van der Waals surface area contributed by atoms with Crippen LogP contribution in [0.25, 0.3) is 55.9 Å². The SMILES string of the molecule is Nc1nc2c(nnn2[C@@H]2S[C@@H]3COP(=O)(O)O[C@H]4C[C@H](c5cnn6c(N)ccnc56)O[C@@H]4COP(=O)(S)O[C@@H]2[C@@H]3O)c(=O)[nH]1.Nc1nc2c(nnn2[C@@H]2S[C@@H]3COP(=O)(O)O[C@H]4C[C@H](c5cnn6c(N)ccnc56)O[C@@H]4COP(O)(=S)O[C@@H]2[C@@H]3O)c(=O)[nH]1.Nc1nc2c(nnn2[C@@H]2S[C@@H]3COP(=O)(O)O[C@H]4[C@H](F)[C@H](n5nnc6c(N)ccnc65)O[C@@H]4COP(O)(=S)O[C@@H]2[C@@H]3O)c(=O)[nH]1. The number of nitrogens with two attached hydrogens (primary N) is 6. The van der Waals surface area contributed by atoms with Crippen LogP contribution in [0, 0.1) is 0 Å². The third-order valence-electron chi connectivity index (χ3n) is 21.6. The molecule has 0 saturated carbocycles. The predicted octanol–water partition coefficient (Wildman–Crippen LogP) is -1.59. The van der Waals surface area contributed by atoms with Crippen molar-refractivity contribution in [3.8, 4) is 0 Å². The largest absolute Gasteiger partial charge is 0.472 e. The van der Waals surface area contributed by atoms with Gasteiger partial charge < -0.3 is 97.4 Å². The molecular formula is C59H70FN31O30P6S6. The number of phosphoric acid groups is 3. The number of nitrogen functional groups attached to an aromatic ring is 6. The van der Waals surface area contributed by atoms with E-state index in [0.717, 1.165) is 49.3 Å². The molecular weight excluding hydrogens is 2020 g/mol. The van der Waals surface area contributed by atoms with Crippen LogP contribution in [-0.2, 0) is 110 Å². The monoisotopic (exact) mass is 2090 g/mol. The maximum absolute atomic E-state index is 15.9. The summed E-state index contributed by atoms with van der Waals surface area (Å²) in [5.74, 6) is -0.00691. The van der Waals surface area contributed by atoms with Crippen molar-refractivity contribution in [2.75, 3.05) is 74.0 Å². The number of aromatic amines is 3. The fourth-order valence-electron chi connectivity index (χ4n) is 15.6. The number of anilines is 6. The number of fused-ring (bicyclic) bond motifs is 15. The minimum Gasteiger partial charge on any atom is -0.397 e. The van der Waals surface area contributed by atoms with E-state index in [4.69, 9.17) is 127 Å². The van der Waals surface area contributed by atoms with E-state index in [9.17, 15) is 72.4 Å². The molecule has 74 heteroatoms. The number of hydrogen-bond donors (Lipinski definition) is 18. The summed E-state index contributed by atoms with van der Waals surface area (Å²) in [6, 6.07) is 4.61. The molecule has 0 amide bonds. The highest BCUT2D eigenvalue weighted by Crippen LogP contribution is 2.63. The maximum atomic E-state index is 15.9. The zero-order valence-electron chi connectivity index (χ0n) is 66.4. The minimum absolute atomic E-state index is 0.0345.